The average molecular weight is 275 g/mol. The van der Waals surface area contributed by atoms with Gasteiger partial charge in [0.25, 0.3) is 0 Å². The number of anilines is 1. The van der Waals surface area contributed by atoms with Crippen molar-refractivity contribution in [3.8, 4) is 0 Å². The van der Waals surface area contributed by atoms with Gasteiger partial charge in [0.15, 0.2) is 0 Å². The topological polar surface area (TPSA) is 55.4 Å². The van der Waals surface area contributed by atoms with Crippen LogP contribution in [0.1, 0.15) is 51.5 Å². The number of carbonyl (C=O) groups excluding carboxylic acids is 2. The first kappa shape index (κ1) is 14.6. The first-order valence-electron chi connectivity index (χ1n) is 6.95. The highest BCUT2D eigenvalue weighted by Gasteiger charge is 2.23. The van der Waals surface area contributed by atoms with E-state index in [0.29, 0.717) is 30.2 Å². The average Bonchev–Trinajstić information content (AvgIpc) is 2.74. The third-order valence-corrected chi connectivity index (χ3v) is 3.27. The number of carbonyl (C=O) groups is 2. The lowest BCUT2D eigenvalue weighted by atomic mass is 9.97. The third kappa shape index (κ3) is 4.08. The molecule has 4 heteroatoms. The molecule has 0 radical (unpaired) electrons. The standard InChI is InChI=1S/C16H21NO3/c1-16(2,3)20-15(19)17-13-7-4-11(5-8-13)12-6-9-14(18)10-12/h4-5,7-8,12H,6,9-10H2,1-3H3,(H,17,19)/t12-/m1/s1. The van der Waals surface area contributed by atoms with Crippen LogP contribution in [0.25, 0.3) is 0 Å². The molecule has 0 bridgehead atoms. The van der Waals surface area contributed by atoms with Crippen LogP contribution in [0.3, 0.4) is 0 Å². The Morgan fingerprint density at radius 3 is 2.40 bits per heavy atom. The minimum Gasteiger partial charge on any atom is -0.444 e. The lowest BCUT2D eigenvalue weighted by Gasteiger charge is -2.19. The van der Waals surface area contributed by atoms with Gasteiger partial charge in [-0.25, -0.2) is 4.79 Å². The van der Waals surface area contributed by atoms with Crippen LogP contribution in [0, 0.1) is 0 Å². The van der Waals surface area contributed by atoms with Crippen LogP contribution >= 0.6 is 0 Å². The number of nitrogens with one attached hydrogen (secondary N) is 1. The second kappa shape index (κ2) is 5.65. The van der Waals surface area contributed by atoms with E-state index in [9.17, 15) is 9.59 Å². The fourth-order valence-electron chi connectivity index (χ4n) is 2.36. The molecular weight excluding hydrogens is 254 g/mol. The Kier molecular flexibility index (Phi) is 4.12. The summed E-state index contributed by atoms with van der Waals surface area (Å²) in [4.78, 5) is 22.9. The number of hydrogen-bond donors (Lipinski definition) is 1. The maximum atomic E-state index is 11.6. The van der Waals surface area contributed by atoms with Crippen molar-refractivity contribution in [1.29, 1.82) is 0 Å². The zero-order chi connectivity index (χ0) is 14.8. The van der Waals surface area contributed by atoms with Crippen LogP contribution in [-0.4, -0.2) is 17.5 Å². The Morgan fingerprint density at radius 2 is 1.90 bits per heavy atom. The lowest BCUT2D eigenvalue weighted by molar-refractivity contribution is -0.117. The summed E-state index contributed by atoms with van der Waals surface area (Å²) < 4.78 is 5.19. The van der Waals surface area contributed by atoms with Gasteiger partial charge in [-0.3, -0.25) is 10.1 Å². The molecule has 0 heterocycles. The van der Waals surface area contributed by atoms with E-state index in [4.69, 9.17) is 4.74 Å². The molecule has 0 spiro atoms. The smallest absolute Gasteiger partial charge is 0.412 e. The minimum atomic E-state index is -0.506. The quantitative estimate of drug-likeness (QED) is 0.891. The summed E-state index contributed by atoms with van der Waals surface area (Å²) in [5.41, 5.74) is 1.35. The van der Waals surface area contributed by atoms with Gasteiger partial charge in [0, 0.05) is 18.5 Å². The van der Waals surface area contributed by atoms with Gasteiger partial charge < -0.3 is 4.74 Å². The monoisotopic (exact) mass is 275 g/mol. The number of ketones is 1. The second-order valence-corrected chi connectivity index (χ2v) is 6.23. The number of hydrogen-bond acceptors (Lipinski definition) is 3. The van der Waals surface area contributed by atoms with Crippen molar-refractivity contribution >= 4 is 17.6 Å². The molecule has 0 unspecified atom stereocenters. The number of rotatable bonds is 2. The maximum Gasteiger partial charge on any atom is 0.412 e. The molecule has 1 aliphatic carbocycles. The van der Waals surface area contributed by atoms with E-state index in [0.717, 1.165) is 12.0 Å². The van der Waals surface area contributed by atoms with Gasteiger partial charge in [-0.05, 0) is 50.8 Å². The Morgan fingerprint density at radius 1 is 1.25 bits per heavy atom. The van der Waals surface area contributed by atoms with Gasteiger partial charge in [0.1, 0.15) is 11.4 Å². The Balaban J connectivity index is 1.95. The SMILES string of the molecule is CC(C)(C)OC(=O)Nc1ccc([C@@H]2CCC(=O)C2)cc1. The van der Waals surface area contributed by atoms with E-state index in [1.54, 1.807) is 0 Å². The van der Waals surface area contributed by atoms with Gasteiger partial charge in [-0.1, -0.05) is 12.1 Å². The molecule has 1 aromatic rings. The van der Waals surface area contributed by atoms with E-state index < -0.39 is 11.7 Å². The van der Waals surface area contributed by atoms with Crippen molar-refractivity contribution in [3.63, 3.8) is 0 Å². The fourth-order valence-corrected chi connectivity index (χ4v) is 2.36. The highest BCUT2D eigenvalue weighted by Crippen LogP contribution is 2.32. The summed E-state index contributed by atoms with van der Waals surface area (Å²) in [6.07, 6.45) is 1.79. The first-order valence-corrected chi connectivity index (χ1v) is 6.95. The van der Waals surface area contributed by atoms with Crippen molar-refractivity contribution in [2.45, 2.75) is 51.6 Å². The Bertz CT molecular complexity index is 499. The van der Waals surface area contributed by atoms with Crippen molar-refractivity contribution < 1.29 is 14.3 Å². The van der Waals surface area contributed by atoms with Crippen LogP contribution in [0.15, 0.2) is 24.3 Å². The van der Waals surface area contributed by atoms with Gasteiger partial charge in [-0.15, -0.1) is 0 Å². The summed E-state index contributed by atoms with van der Waals surface area (Å²) in [5.74, 6) is 0.670. The molecule has 0 aliphatic heterocycles. The van der Waals surface area contributed by atoms with E-state index in [2.05, 4.69) is 5.32 Å². The minimum absolute atomic E-state index is 0.332. The largest absolute Gasteiger partial charge is 0.444 e. The number of benzene rings is 1. The van der Waals surface area contributed by atoms with Gasteiger partial charge in [-0.2, -0.15) is 0 Å². The molecule has 1 atom stereocenters. The van der Waals surface area contributed by atoms with E-state index >= 15 is 0 Å². The molecule has 2 rings (SSSR count). The number of ether oxygens (including phenoxy) is 1. The molecule has 0 saturated heterocycles. The van der Waals surface area contributed by atoms with E-state index in [1.165, 1.54) is 0 Å². The predicted octanol–water partition coefficient (Wildman–Crippen LogP) is 3.87. The molecule has 1 saturated carbocycles. The normalized spacial score (nSPS) is 18.9. The molecule has 1 N–H and O–H groups in total. The Labute approximate surface area is 119 Å². The zero-order valence-electron chi connectivity index (χ0n) is 12.2. The molecule has 1 aromatic carbocycles. The van der Waals surface area contributed by atoms with Crippen molar-refractivity contribution in [3.05, 3.63) is 29.8 Å². The van der Waals surface area contributed by atoms with Gasteiger partial charge in [0.05, 0.1) is 0 Å². The number of amides is 1. The highest BCUT2D eigenvalue weighted by molar-refractivity contribution is 5.85. The zero-order valence-corrected chi connectivity index (χ0v) is 12.2. The molecule has 4 nitrogen and oxygen atoms in total. The lowest BCUT2D eigenvalue weighted by Crippen LogP contribution is -2.27. The first-order chi connectivity index (χ1) is 9.33. The van der Waals surface area contributed by atoms with Crippen molar-refractivity contribution in [2.75, 3.05) is 5.32 Å². The third-order valence-electron chi connectivity index (χ3n) is 3.27. The molecule has 20 heavy (non-hydrogen) atoms. The molecular formula is C16H21NO3. The fraction of sp³-hybridized carbons (Fsp3) is 0.500. The van der Waals surface area contributed by atoms with Crippen LogP contribution in [0.4, 0.5) is 10.5 Å². The summed E-state index contributed by atoms with van der Waals surface area (Å²) in [6.45, 7) is 5.48. The maximum absolute atomic E-state index is 11.6. The van der Waals surface area contributed by atoms with Crippen molar-refractivity contribution in [1.82, 2.24) is 0 Å². The van der Waals surface area contributed by atoms with Crippen molar-refractivity contribution in [2.24, 2.45) is 0 Å². The predicted molar refractivity (Wildman–Crippen MR) is 77.9 cm³/mol. The molecule has 1 fully saturated rings. The highest BCUT2D eigenvalue weighted by atomic mass is 16.6. The molecule has 1 aliphatic rings. The van der Waals surface area contributed by atoms with Crippen LogP contribution in [0.2, 0.25) is 0 Å². The summed E-state index contributed by atoms with van der Waals surface area (Å²) in [7, 11) is 0. The molecule has 108 valence electrons. The second-order valence-electron chi connectivity index (χ2n) is 6.23. The van der Waals surface area contributed by atoms with E-state index in [-0.39, 0.29) is 0 Å². The Hall–Kier alpha value is -1.84. The van der Waals surface area contributed by atoms with Crippen LogP contribution in [0.5, 0.6) is 0 Å². The molecule has 1 amide bonds. The molecule has 0 aromatic heterocycles. The van der Waals surface area contributed by atoms with Crippen LogP contribution in [-0.2, 0) is 9.53 Å². The number of Topliss-reactive ketones (excluding diaryl/α,β-unsaturated/α-hetero) is 1. The summed E-state index contributed by atoms with van der Waals surface area (Å²) >= 11 is 0. The van der Waals surface area contributed by atoms with E-state index in [1.807, 2.05) is 45.0 Å². The summed E-state index contributed by atoms with van der Waals surface area (Å²) in [6, 6.07) is 7.63. The van der Waals surface area contributed by atoms with Gasteiger partial charge >= 0.3 is 6.09 Å². The van der Waals surface area contributed by atoms with Crippen LogP contribution < -0.4 is 5.32 Å². The summed E-state index contributed by atoms with van der Waals surface area (Å²) in [5, 5.41) is 2.70. The van der Waals surface area contributed by atoms with Gasteiger partial charge in [0.2, 0.25) is 0 Å².